The molecule has 1 rings (SSSR count). The molecule has 1 saturated heterocycles. The number of carbonyl (C=O) groups is 1. The first-order chi connectivity index (χ1) is 8.47. The number of carboxylic acids is 1. The van der Waals surface area contributed by atoms with Crippen LogP contribution in [0.2, 0.25) is 0 Å². The van der Waals surface area contributed by atoms with Crippen LogP contribution in [-0.4, -0.2) is 56.6 Å². The molecule has 0 bridgehead atoms. The highest BCUT2D eigenvalue weighted by Gasteiger charge is 2.29. The van der Waals surface area contributed by atoms with Crippen molar-refractivity contribution in [3.63, 3.8) is 0 Å². The van der Waals surface area contributed by atoms with Gasteiger partial charge in [-0.15, -0.1) is 0 Å². The zero-order valence-electron chi connectivity index (χ0n) is 10.5. The van der Waals surface area contributed by atoms with Gasteiger partial charge in [-0.25, -0.2) is 0 Å². The maximum Gasteiger partial charge on any atom is 0.321 e. The fourth-order valence-electron chi connectivity index (χ4n) is 1.83. The molecule has 106 valence electrons. The largest absolute Gasteiger partial charge is 0.480 e. The molecule has 1 fully saturated rings. The van der Waals surface area contributed by atoms with E-state index in [4.69, 9.17) is 9.84 Å². The second kappa shape index (κ2) is 7.03. The second-order valence-corrected chi connectivity index (χ2v) is 5.96. The molecule has 1 heterocycles. The molecule has 0 saturated carbocycles. The molecule has 0 aromatic heterocycles. The smallest absolute Gasteiger partial charge is 0.321 e. The number of hydrogen-bond acceptors (Lipinski definition) is 4. The number of piperidine rings is 1. The fraction of sp³-hybridized carbons (Fsp3) is 0.900. The van der Waals surface area contributed by atoms with Crippen LogP contribution < -0.4 is 4.72 Å². The van der Waals surface area contributed by atoms with Crippen molar-refractivity contribution < 1.29 is 23.1 Å². The van der Waals surface area contributed by atoms with Crippen molar-refractivity contribution in [2.24, 2.45) is 0 Å². The minimum atomic E-state index is -3.71. The highest BCUT2D eigenvalue weighted by molar-refractivity contribution is 7.87. The third-order valence-electron chi connectivity index (χ3n) is 2.85. The minimum absolute atomic E-state index is 0.110. The Balaban J connectivity index is 2.62. The molecule has 0 radical (unpaired) electrons. The molecule has 2 N–H and O–H groups in total. The molecule has 18 heavy (non-hydrogen) atoms. The molecular formula is C10H20N2O5S. The zero-order chi connectivity index (χ0) is 13.6. The molecular weight excluding hydrogens is 260 g/mol. The first kappa shape index (κ1) is 15.4. The average Bonchev–Trinajstić information content (AvgIpc) is 2.35. The molecule has 1 unspecified atom stereocenters. The fourth-order valence-corrected chi connectivity index (χ4v) is 3.29. The van der Waals surface area contributed by atoms with E-state index in [1.165, 1.54) is 11.4 Å². The van der Waals surface area contributed by atoms with Crippen molar-refractivity contribution in [2.45, 2.75) is 31.7 Å². The molecule has 1 aliphatic heterocycles. The topological polar surface area (TPSA) is 95.9 Å². The van der Waals surface area contributed by atoms with Crippen LogP contribution in [-0.2, 0) is 19.7 Å². The maximum absolute atomic E-state index is 12.0. The summed E-state index contributed by atoms with van der Waals surface area (Å²) in [6.07, 6.45) is 2.75. The highest BCUT2D eigenvalue weighted by atomic mass is 32.2. The predicted molar refractivity (Wildman–Crippen MR) is 65.4 cm³/mol. The van der Waals surface area contributed by atoms with E-state index in [9.17, 15) is 13.2 Å². The molecule has 0 aliphatic carbocycles. The van der Waals surface area contributed by atoms with Gasteiger partial charge in [0.05, 0.1) is 0 Å². The number of ether oxygens (including phenoxy) is 1. The lowest BCUT2D eigenvalue weighted by atomic mass is 10.2. The molecule has 0 spiro atoms. The Kier molecular flexibility index (Phi) is 6.00. The van der Waals surface area contributed by atoms with Crippen molar-refractivity contribution >= 4 is 16.2 Å². The number of nitrogens with zero attached hydrogens (tertiary/aromatic N) is 1. The van der Waals surface area contributed by atoms with Crippen LogP contribution >= 0.6 is 0 Å². The van der Waals surface area contributed by atoms with Crippen LogP contribution in [0.5, 0.6) is 0 Å². The van der Waals surface area contributed by atoms with E-state index in [0.717, 1.165) is 19.3 Å². The Morgan fingerprint density at radius 3 is 2.50 bits per heavy atom. The van der Waals surface area contributed by atoms with Crippen molar-refractivity contribution in [1.29, 1.82) is 0 Å². The Hall–Kier alpha value is -0.700. The van der Waals surface area contributed by atoms with Gasteiger partial charge < -0.3 is 9.84 Å². The van der Waals surface area contributed by atoms with Crippen LogP contribution in [0.15, 0.2) is 0 Å². The van der Waals surface area contributed by atoms with Gasteiger partial charge in [0.15, 0.2) is 0 Å². The van der Waals surface area contributed by atoms with Gasteiger partial charge in [-0.1, -0.05) is 6.42 Å². The van der Waals surface area contributed by atoms with Crippen LogP contribution in [0.4, 0.5) is 0 Å². The number of nitrogens with one attached hydrogen (secondary N) is 1. The number of carboxylic acid groups (broad SMARTS) is 1. The predicted octanol–water partition coefficient (Wildman–Crippen LogP) is -0.204. The van der Waals surface area contributed by atoms with Gasteiger partial charge in [0.25, 0.3) is 10.2 Å². The number of methoxy groups -OCH3 is 1. The number of aliphatic carboxylic acids is 1. The summed E-state index contributed by atoms with van der Waals surface area (Å²) in [5.41, 5.74) is 0. The SMILES string of the molecule is COCCC(NS(=O)(=O)N1CCCCC1)C(=O)O. The molecule has 1 aliphatic rings. The number of rotatable bonds is 7. The average molecular weight is 280 g/mol. The molecule has 1 atom stereocenters. The molecule has 0 aromatic rings. The minimum Gasteiger partial charge on any atom is -0.480 e. The van der Waals surface area contributed by atoms with Crippen LogP contribution in [0.25, 0.3) is 0 Å². The lowest BCUT2D eigenvalue weighted by molar-refractivity contribution is -0.139. The first-order valence-electron chi connectivity index (χ1n) is 5.96. The summed E-state index contributed by atoms with van der Waals surface area (Å²) < 4.78 is 32.2. The van der Waals surface area contributed by atoms with E-state index in [-0.39, 0.29) is 13.0 Å². The summed E-state index contributed by atoms with van der Waals surface area (Å²) in [6.45, 7) is 1.09. The van der Waals surface area contributed by atoms with E-state index >= 15 is 0 Å². The first-order valence-corrected chi connectivity index (χ1v) is 7.40. The van der Waals surface area contributed by atoms with Crippen LogP contribution in [0.1, 0.15) is 25.7 Å². The zero-order valence-corrected chi connectivity index (χ0v) is 11.3. The summed E-state index contributed by atoms with van der Waals surface area (Å²) in [4.78, 5) is 11.0. The van der Waals surface area contributed by atoms with Gasteiger partial charge in [0.2, 0.25) is 0 Å². The van der Waals surface area contributed by atoms with Crippen molar-refractivity contribution in [3.8, 4) is 0 Å². The Labute approximate surface area is 107 Å². The summed E-state index contributed by atoms with van der Waals surface area (Å²) in [7, 11) is -2.27. The quantitative estimate of drug-likeness (QED) is 0.673. The summed E-state index contributed by atoms with van der Waals surface area (Å²) in [5, 5.41) is 8.96. The third-order valence-corrected chi connectivity index (χ3v) is 4.48. The lowest BCUT2D eigenvalue weighted by Crippen LogP contribution is -2.50. The van der Waals surface area contributed by atoms with Gasteiger partial charge in [-0.2, -0.15) is 17.4 Å². The summed E-state index contributed by atoms with van der Waals surface area (Å²) >= 11 is 0. The third kappa shape index (κ3) is 4.52. The molecule has 0 aromatic carbocycles. The Bertz CT molecular complexity index is 364. The van der Waals surface area contributed by atoms with E-state index < -0.39 is 22.2 Å². The highest BCUT2D eigenvalue weighted by Crippen LogP contribution is 2.12. The van der Waals surface area contributed by atoms with Crippen LogP contribution in [0, 0.1) is 0 Å². The van der Waals surface area contributed by atoms with E-state index in [1.54, 1.807) is 0 Å². The van der Waals surface area contributed by atoms with E-state index in [1.807, 2.05) is 0 Å². The van der Waals surface area contributed by atoms with Gasteiger partial charge in [-0.05, 0) is 19.3 Å². The Morgan fingerprint density at radius 1 is 1.39 bits per heavy atom. The monoisotopic (exact) mass is 280 g/mol. The molecule has 8 heteroatoms. The van der Waals surface area contributed by atoms with Gasteiger partial charge >= 0.3 is 5.97 Å². The second-order valence-electron chi connectivity index (χ2n) is 4.25. The van der Waals surface area contributed by atoms with Crippen LogP contribution in [0.3, 0.4) is 0 Å². The van der Waals surface area contributed by atoms with E-state index in [0.29, 0.717) is 13.1 Å². The van der Waals surface area contributed by atoms with Crippen molar-refractivity contribution in [1.82, 2.24) is 9.03 Å². The Morgan fingerprint density at radius 2 is 2.00 bits per heavy atom. The van der Waals surface area contributed by atoms with Gasteiger partial charge in [0, 0.05) is 26.8 Å². The van der Waals surface area contributed by atoms with Gasteiger partial charge in [0.1, 0.15) is 6.04 Å². The number of hydrogen-bond donors (Lipinski definition) is 2. The molecule has 0 amide bonds. The summed E-state index contributed by atoms with van der Waals surface area (Å²) in [6, 6.07) is -1.14. The maximum atomic E-state index is 12.0. The standard InChI is InChI=1S/C10H20N2O5S/c1-17-8-5-9(10(13)14)11-18(15,16)12-6-3-2-4-7-12/h9,11H,2-8H2,1H3,(H,13,14). The van der Waals surface area contributed by atoms with E-state index in [2.05, 4.69) is 4.72 Å². The van der Waals surface area contributed by atoms with Crippen molar-refractivity contribution in [2.75, 3.05) is 26.8 Å². The summed E-state index contributed by atoms with van der Waals surface area (Å²) in [5.74, 6) is -1.19. The molecule has 7 nitrogen and oxygen atoms in total. The van der Waals surface area contributed by atoms with Gasteiger partial charge in [-0.3, -0.25) is 4.79 Å². The lowest BCUT2D eigenvalue weighted by Gasteiger charge is -2.27. The normalized spacial score (nSPS) is 19.6. The van der Waals surface area contributed by atoms with Crippen molar-refractivity contribution in [3.05, 3.63) is 0 Å².